The summed E-state index contributed by atoms with van der Waals surface area (Å²) in [5.41, 5.74) is 0.712. The van der Waals surface area contributed by atoms with Crippen molar-refractivity contribution in [1.29, 1.82) is 0 Å². The van der Waals surface area contributed by atoms with E-state index in [1.54, 1.807) is 12.1 Å². The number of hydrogen-bond donors (Lipinski definition) is 3. The van der Waals surface area contributed by atoms with Gasteiger partial charge in [0.2, 0.25) is 0 Å². The minimum Gasteiger partial charge on any atom is -0.506 e. The number of anilines is 1. The monoisotopic (exact) mass is 207 g/mol. The van der Waals surface area contributed by atoms with Gasteiger partial charge in [-0.1, -0.05) is 25.0 Å². The molecule has 0 aromatic heterocycles. The van der Waals surface area contributed by atoms with E-state index in [9.17, 15) is 10.2 Å². The molecular weight excluding hydrogens is 190 g/mol. The van der Waals surface area contributed by atoms with Crippen LogP contribution in [0.2, 0.25) is 0 Å². The van der Waals surface area contributed by atoms with Gasteiger partial charge in [-0.3, -0.25) is 0 Å². The molecule has 1 fully saturated rings. The van der Waals surface area contributed by atoms with Crippen LogP contribution in [0.25, 0.3) is 0 Å². The first-order valence-corrected chi connectivity index (χ1v) is 5.50. The number of aromatic hydroxyl groups is 1. The number of para-hydroxylation sites is 2. The van der Waals surface area contributed by atoms with Gasteiger partial charge >= 0.3 is 0 Å². The number of rotatable bonds is 2. The minimum absolute atomic E-state index is 0.0760. The minimum atomic E-state index is -0.293. The maximum absolute atomic E-state index is 9.78. The van der Waals surface area contributed by atoms with Crippen molar-refractivity contribution in [2.75, 3.05) is 5.32 Å². The fourth-order valence-corrected chi connectivity index (χ4v) is 2.08. The number of aliphatic hydroxyl groups is 1. The van der Waals surface area contributed by atoms with E-state index in [-0.39, 0.29) is 17.9 Å². The molecule has 0 heterocycles. The van der Waals surface area contributed by atoms with Crippen LogP contribution in [0.1, 0.15) is 25.7 Å². The number of hydrogen-bond acceptors (Lipinski definition) is 3. The van der Waals surface area contributed by atoms with Crippen LogP contribution in [0.5, 0.6) is 5.75 Å². The molecule has 15 heavy (non-hydrogen) atoms. The van der Waals surface area contributed by atoms with Gasteiger partial charge in [-0.25, -0.2) is 0 Å². The van der Waals surface area contributed by atoms with Crippen LogP contribution in [0.15, 0.2) is 24.3 Å². The maximum Gasteiger partial charge on any atom is 0.138 e. The molecule has 1 saturated carbocycles. The predicted octanol–water partition coefficient (Wildman–Crippen LogP) is 2.11. The highest BCUT2D eigenvalue weighted by molar-refractivity contribution is 5.55. The van der Waals surface area contributed by atoms with Crippen LogP contribution < -0.4 is 5.32 Å². The Kier molecular flexibility index (Phi) is 3.11. The number of benzene rings is 1. The highest BCUT2D eigenvalue weighted by Crippen LogP contribution is 2.27. The Bertz CT molecular complexity index is 327. The third-order valence-electron chi connectivity index (χ3n) is 2.97. The molecule has 0 amide bonds. The quantitative estimate of drug-likeness (QED) is 0.651. The van der Waals surface area contributed by atoms with Crippen LogP contribution in [0.3, 0.4) is 0 Å². The number of phenolic OH excluding ortho intramolecular Hbond substituents is 1. The van der Waals surface area contributed by atoms with E-state index in [1.165, 1.54) is 0 Å². The van der Waals surface area contributed by atoms with Crippen molar-refractivity contribution in [1.82, 2.24) is 0 Å². The lowest BCUT2D eigenvalue weighted by molar-refractivity contribution is 0.116. The van der Waals surface area contributed by atoms with E-state index >= 15 is 0 Å². The second-order valence-electron chi connectivity index (χ2n) is 4.12. The molecule has 1 aliphatic carbocycles. The highest BCUT2D eigenvalue weighted by Gasteiger charge is 2.23. The molecule has 0 spiro atoms. The predicted molar refractivity (Wildman–Crippen MR) is 60.0 cm³/mol. The standard InChI is InChI=1S/C12H17NO2/c14-11-7-3-1-5-9(11)13-10-6-2-4-8-12(10)15/h1,3,5,7,10,12-15H,2,4,6,8H2. The number of phenols is 1. The summed E-state index contributed by atoms with van der Waals surface area (Å²) in [6.45, 7) is 0. The molecule has 2 rings (SSSR count). The lowest BCUT2D eigenvalue weighted by Gasteiger charge is -2.29. The smallest absolute Gasteiger partial charge is 0.138 e. The molecule has 0 saturated heterocycles. The lowest BCUT2D eigenvalue weighted by Crippen LogP contribution is -2.36. The van der Waals surface area contributed by atoms with Gasteiger partial charge < -0.3 is 15.5 Å². The summed E-state index contributed by atoms with van der Waals surface area (Å²) in [5.74, 6) is 0.246. The zero-order chi connectivity index (χ0) is 10.7. The van der Waals surface area contributed by atoms with Gasteiger partial charge in [0.1, 0.15) is 5.75 Å². The largest absolute Gasteiger partial charge is 0.506 e. The Morgan fingerprint density at radius 3 is 2.60 bits per heavy atom. The normalized spacial score (nSPS) is 26.2. The van der Waals surface area contributed by atoms with Gasteiger partial charge in [0, 0.05) is 0 Å². The molecule has 2 atom stereocenters. The van der Waals surface area contributed by atoms with Crippen molar-refractivity contribution in [2.45, 2.75) is 37.8 Å². The molecule has 3 heteroatoms. The zero-order valence-electron chi connectivity index (χ0n) is 8.69. The van der Waals surface area contributed by atoms with Crippen LogP contribution in [-0.4, -0.2) is 22.4 Å². The molecular formula is C12H17NO2. The second-order valence-corrected chi connectivity index (χ2v) is 4.12. The van der Waals surface area contributed by atoms with Crippen LogP contribution in [-0.2, 0) is 0 Å². The summed E-state index contributed by atoms with van der Waals surface area (Å²) in [4.78, 5) is 0. The van der Waals surface area contributed by atoms with Crippen molar-refractivity contribution in [3.8, 4) is 5.75 Å². The molecule has 1 aromatic carbocycles. The average Bonchev–Trinajstić information content (AvgIpc) is 2.24. The van der Waals surface area contributed by atoms with Gasteiger partial charge in [-0.15, -0.1) is 0 Å². The third-order valence-corrected chi connectivity index (χ3v) is 2.97. The Labute approximate surface area is 89.8 Å². The molecule has 3 nitrogen and oxygen atoms in total. The number of aliphatic hydroxyl groups excluding tert-OH is 1. The topological polar surface area (TPSA) is 52.5 Å². The van der Waals surface area contributed by atoms with Gasteiger partial charge in [-0.2, -0.15) is 0 Å². The van der Waals surface area contributed by atoms with Gasteiger partial charge in [0.25, 0.3) is 0 Å². The van der Waals surface area contributed by atoms with E-state index in [2.05, 4.69) is 5.32 Å². The Hall–Kier alpha value is -1.22. The van der Waals surface area contributed by atoms with Crippen molar-refractivity contribution < 1.29 is 10.2 Å². The first-order chi connectivity index (χ1) is 7.27. The Balaban J connectivity index is 2.04. The lowest BCUT2D eigenvalue weighted by atomic mass is 9.92. The van der Waals surface area contributed by atoms with E-state index in [1.807, 2.05) is 12.1 Å². The molecule has 82 valence electrons. The van der Waals surface area contributed by atoms with Crippen molar-refractivity contribution in [3.05, 3.63) is 24.3 Å². The first kappa shape index (κ1) is 10.3. The fourth-order valence-electron chi connectivity index (χ4n) is 2.08. The Morgan fingerprint density at radius 1 is 1.13 bits per heavy atom. The van der Waals surface area contributed by atoms with E-state index in [0.29, 0.717) is 5.69 Å². The van der Waals surface area contributed by atoms with Gasteiger partial charge in [-0.05, 0) is 25.0 Å². The molecule has 1 aliphatic rings. The van der Waals surface area contributed by atoms with E-state index < -0.39 is 0 Å². The molecule has 2 unspecified atom stereocenters. The molecule has 3 N–H and O–H groups in total. The summed E-state index contributed by atoms with van der Waals surface area (Å²) in [6, 6.07) is 7.22. The summed E-state index contributed by atoms with van der Waals surface area (Å²) < 4.78 is 0. The van der Waals surface area contributed by atoms with Gasteiger partial charge in [0.05, 0.1) is 17.8 Å². The average molecular weight is 207 g/mol. The van der Waals surface area contributed by atoms with Crippen molar-refractivity contribution in [2.24, 2.45) is 0 Å². The van der Waals surface area contributed by atoms with Crippen molar-refractivity contribution >= 4 is 5.69 Å². The van der Waals surface area contributed by atoms with E-state index in [4.69, 9.17) is 0 Å². The second kappa shape index (κ2) is 4.53. The zero-order valence-corrected chi connectivity index (χ0v) is 8.69. The Morgan fingerprint density at radius 2 is 1.87 bits per heavy atom. The van der Waals surface area contributed by atoms with Crippen LogP contribution in [0, 0.1) is 0 Å². The summed E-state index contributed by atoms with van der Waals surface area (Å²) in [7, 11) is 0. The summed E-state index contributed by atoms with van der Waals surface area (Å²) in [6.07, 6.45) is 3.77. The van der Waals surface area contributed by atoms with Gasteiger partial charge in [0.15, 0.2) is 0 Å². The van der Waals surface area contributed by atoms with Crippen LogP contribution >= 0.6 is 0 Å². The SMILES string of the molecule is Oc1ccccc1NC1CCCCC1O. The third kappa shape index (κ3) is 2.42. The molecule has 0 radical (unpaired) electrons. The number of nitrogens with one attached hydrogen (secondary N) is 1. The molecule has 0 bridgehead atoms. The molecule has 0 aliphatic heterocycles. The maximum atomic E-state index is 9.78. The summed E-state index contributed by atoms with van der Waals surface area (Å²) >= 11 is 0. The van der Waals surface area contributed by atoms with Crippen molar-refractivity contribution in [3.63, 3.8) is 0 Å². The van der Waals surface area contributed by atoms with Crippen LogP contribution in [0.4, 0.5) is 5.69 Å². The van der Waals surface area contributed by atoms with E-state index in [0.717, 1.165) is 25.7 Å². The highest BCUT2D eigenvalue weighted by atomic mass is 16.3. The first-order valence-electron chi connectivity index (χ1n) is 5.50. The molecule has 1 aromatic rings. The fraction of sp³-hybridized carbons (Fsp3) is 0.500. The summed E-state index contributed by atoms with van der Waals surface area (Å²) in [5, 5.41) is 22.6.